The van der Waals surface area contributed by atoms with Gasteiger partial charge in [-0.05, 0) is 36.2 Å². The van der Waals surface area contributed by atoms with Crippen molar-refractivity contribution in [2.45, 2.75) is 12.8 Å². The van der Waals surface area contributed by atoms with E-state index in [1.165, 1.54) is 0 Å². The zero-order chi connectivity index (χ0) is 20.5. The average molecular weight is 408 g/mol. The number of rotatable bonds is 10. The van der Waals surface area contributed by atoms with Crippen molar-refractivity contribution in [2.24, 2.45) is 0 Å². The van der Waals surface area contributed by atoms with Crippen molar-refractivity contribution < 1.29 is 23.7 Å². The van der Waals surface area contributed by atoms with Crippen LogP contribution in [0.2, 0.25) is 5.02 Å². The summed E-state index contributed by atoms with van der Waals surface area (Å²) in [6.45, 7) is 0.843. The van der Waals surface area contributed by atoms with Gasteiger partial charge in [-0.3, -0.25) is 4.79 Å². The first-order valence-electron chi connectivity index (χ1n) is 8.90. The second-order valence-electron chi connectivity index (χ2n) is 6.13. The summed E-state index contributed by atoms with van der Waals surface area (Å²) in [6.07, 6.45) is 0.923. The average Bonchev–Trinajstić information content (AvgIpc) is 2.72. The lowest BCUT2D eigenvalue weighted by Crippen LogP contribution is -2.31. The second kappa shape index (κ2) is 10.7. The normalized spacial score (nSPS) is 10.3. The van der Waals surface area contributed by atoms with Crippen LogP contribution in [0.25, 0.3) is 0 Å². The molecular weight excluding hydrogens is 382 g/mol. The van der Waals surface area contributed by atoms with Crippen molar-refractivity contribution in [2.75, 3.05) is 41.5 Å². The molecule has 0 unspecified atom stereocenters. The minimum absolute atomic E-state index is 0.0245. The maximum Gasteiger partial charge on any atom is 0.222 e. The number of benzene rings is 2. The van der Waals surface area contributed by atoms with Gasteiger partial charge in [0.1, 0.15) is 12.4 Å². The zero-order valence-electron chi connectivity index (χ0n) is 16.7. The molecule has 0 aromatic heterocycles. The second-order valence-corrected chi connectivity index (χ2v) is 6.53. The maximum atomic E-state index is 12.4. The molecule has 2 rings (SSSR count). The number of ether oxygens (including phenoxy) is 4. The van der Waals surface area contributed by atoms with Crippen LogP contribution in [0.1, 0.15) is 12.0 Å². The third-order valence-electron chi connectivity index (χ3n) is 4.30. The van der Waals surface area contributed by atoms with E-state index in [0.29, 0.717) is 54.0 Å². The zero-order valence-corrected chi connectivity index (χ0v) is 17.4. The maximum absolute atomic E-state index is 12.4. The first-order chi connectivity index (χ1) is 13.5. The van der Waals surface area contributed by atoms with Crippen LogP contribution in [0.3, 0.4) is 0 Å². The number of halogens is 1. The van der Waals surface area contributed by atoms with Crippen molar-refractivity contribution in [1.82, 2.24) is 4.90 Å². The molecule has 0 aliphatic heterocycles. The predicted octanol–water partition coefficient (Wildman–Crippen LogP) is 3.84. The lowest BCUT2D eigenvalue weighted by atomic mass is 10.1. The molecule has 0 bridgehead atoms. The van der Waals surface area contributed by atoms with E-state index in [1.54, 1.807) is 45.4 Å². The van der Waals surface area contributed by atoms with Crippen LogP contribution in [0.5, 0.6) is 23.0 Å². The number of aryl methyl sites for hydroxylation is 1. The molecule has 0 heterocycles. The summed E-state index contributed by atoms with van der Waals surface area (Å²) >= 11 is 6.06. The van der Waals surface area contributed by atoms with E-state index >= 15 is 0 Å². The molecule has 0 saturated carbocycles. The van der Waals surface area contributed by atoms with E-state index in [1.807, 2.05) is 24.3 Å². The van der Waals surface area contributed by atoms with Crippen molar-refractivity contribution in [3.8, 4) is 23.0 Å². The summed E-state index contributed by atoms with van der Waals surface area (Å²) in [5.74, 6) is 2.32. The van der Waals surface area contributed by atoms with Crippen LogP contribution in [0.15, 0.2) is 36.4 Å². The summed E-state index contributed by atoms with van der Waals surface area (Å²) in [5.41, 5.74) is 0.934. The topological polar surface area (TPSA) is 57.2 Å². The molecule has 28 heavy (non-hydrogen) atoms. The van der Waals surface area contributed by atoms with Gasteiger partial charge in [-0.2, -0.15) is 0 Å². The molecule has 0 atom stereocenters. The number of hydrogen-bond acceptors (Lipinski definition) is 5. The first-order valence-corrected chi connectivity index (χ1v) is 9.28. The summed E-state index contributed by atoms with van der Waals surface area (Å²) < 4.78 is 21.7. The molecule has 0 saturated heterocycles. The predicted molar refractivity (Wildman–Crippen MR) is 109 cm³/mol. The molecule has 2 aromatic carbocycles. The lowest BCUT2D eigenvalue weighted by molar-refractivity contribution is -0.130. The van der Waals surface area contributed by atoms with Gasteiger partial charge in [-0.1, -0.05) is 23.7 Å². The Morgan fingerprint density at radius 1 is 1.00 bits per heavy atom. The molecule has 6 nitrogen and oxygen atoms in total. The van der Waals surface area contributed by atoms with Crippen molar-refractivity contribution in [3.63, 3.8) is 0 Å². The van der Waals surface area contributed by atoms with Crippen LogP contribution >= 0.6 is 11.6 Å². The number of carbonyl (C=O) groups is 1. The molecule has 2 aromatic rings. The van der Waals surface area contributed by atoms with Gasteiger partial charge in [0.2, 0.25) is 11.7 Å². The Hall–Kier alpha value is -2.60. The van der Waals surface area contributed by atoms with E-state index in [2.05, 4.69) is 0 Å². The molecule has 0 N–H and O–H groups in total. The van der Waals surface area contributed by atoms with E-state index in [0.717, 1.165) is 5.56 Å². The Labute approximate surface area is 170 Å². The van der Waals surface area contributed by atoms with Crippen molar-refractivity contribution >= 4 is 17.5 Å². The molecule has 0 spiro atoms. The molecule has 7 heteroatoms. The number of hydrogen-bond donors (Lipinski definition) is 0. The van der Waals surface area contributed by atoms with Gasteiger partial charge in [-0.15, -0.1) is 0 Å². The van der Waals surface area contributed by atoms with Crippen LogP contribution in [0.4, 0.5) is 0 Å². The third-order valence-corrected chi connectivity index (χ3v) is 4.61. The summed E-state index contributed by atoms with van der Waals surface area (Å²) in [6, 6.07) is 11.0. The van der Waals surface area contributed by atoms with Gasteiger partial charge >= 0.3 is 0 Å². The highest BCUT2D eigenvalue weighted by molar-refractivity contribution is 6.32. The van der Waals surface area contributed by atoms with Gasteiger partial charge in [0.05, 0.1) is 32.9 Å². The van der Waals surface area contributed by atoms with E-state index in [9.17, 15) is 4.79 Å². The number of para-hydroxylation sites is 1. The Bertz CT molecular complexity index is 771. The number of likely N-dealkylation sites (N-methyl/N-ethyl adjacent to an activating group) is 1. The van der Waals surface area contributed by atoms with Crippen LogP contribution < -0.4 is 18.9 Å². The van der Waals surface area contributed by atoms with E-state index in [-0.39, 0.29) is 5.91 Å². The molecule has 0 radical (unpaired) electrons. The highest BCUT2D eigenvalue weighted by Crippen LogP contribution is 2.38. The molecule has 0 fully saturated rings. The van der Waals surface area contributed by atoms with E-state index < -0.39 is 0 Å². The van der Waals surface area contributed by atoms with Crippen LogP contribution in [-0.2, 0) is 11.2 Å². The van der Waals surface area contributed by atoms with Crippen LogP contribution in [0, 0.1) is 0 Å². The smallest absolute Gasteiger partial charge is 0.222 e. The standard InChI is InChI=1S/C21H26ClNO5/c1-23(11-12-28-17-8-6-5-7-16(17)22)20(24)10-9-15-13-18(25-2)21(27-4)19(14-15)26-3/h5-8,13-14H,9-12H2,1-4H3. The molecule has 0 aliphatic rings. The van der Waals surface area contributed by atoms with E-state index in [4.69, 9.17) is 30.5 Å². The monoisotopic (exact) mass is 407 g/mol. The van der Waals surface area contributed by atoms with Gasteiger partial charge in [-0.25, -0.2) is 0 Å². The largest absolute Gasteiger partial charge is 0.493 e. The highest BCUT2D eigenvalue weighted by Gasteiger charge is 2.15. The SMILES string of the molecule is COc1cc(CCC(=O)N(C)CCOc2ccccc2Cl)cc(OC)c1OC. The Balaban J connectivity index is 1.88. The van der Waals surface area contributed by atoms with Crippen molar-refractivity contribution in [1.29, 1.82) is 0 Å². The fourth-order valence-corrected chi connectivity index (χ4v) is 2.89. The Morgan fingerprint density at radius 3 is 2.21 bits per heavy atom. The first kappa shape index (κ1) is 21.7. The summed E-state index contributed by atoms with van der Waals surface area (Å²) in [4.78, 5) is 14.1. The number of amides is 1. The number of carbonyl (C=O) groups excluding carboxylic acids is 1. The highest BCUT2D eigenvalue weighted by atomic mass is 35.5. The molecule has 0 aliphatic carbocycles. The lowest BCUT2D eigenvalue weighted by Gasteiger charge is -2.18. The van der Waals surface area contributed by atoms with Gasteiger partial charge in [0.25, 0.3) is 0 Å². The third kappa shape index (κ3) is 5.70. The quantitative estimate of drug-likeness (QED) is 0.599. The van der Waals surface area contributed by atoms with Gasteiger partial charge in [0, 0.05) is 13.5 Å². The minimum atomic E-state index is 0.0245. The number of nitrogens with zero attached hydrogens (tertiary/aromatic N) is 1. The van der Waals surface area contributed by atoms with Crippen molar-refractivity contribution in [3.05, 3.63) is 47.0 Å². The Kier molecular flexibility index (Phi) is 8.26. The summed E-state index contributed by atoms with van der Waals surface area (Å²) in [7, 11) is 6.45. The number of methoxy groups -OCH3 is 3. The fraction of sp³-hybridized carbons (Fsp3) is 0.381. The van der Waals surface area contributed by atoms with Gasteiger partial charge < -0.3 is 23.8 Å². The minimum Gasteiger partial charge on any atom is -0.493 e. The molecule has 152 valence electrons. The summed E-state index contributed by atoms with van der Waals surface area (Å²) in [5, 5.41) is 0.555. The Morgan fingerprint density at radius 2 is 1.64 bits per heavy atom. The molecular formula is C21H26ClNO5. The van der Waals surface area contributed by atoms with Crippen LogP contribution in [-0.4, -0.2) is 52.3 Å². The fourth-order valence-electron chi connectivity index (χ4n) is 2.70. The molecule has 1 amide bonds. The van der Waals surface area contributed by atoms with Gasteiger partial charge in [0.15, 0.2) is 11.5 Å².